The maximum absolute atomic E-state index is 4.52. The van der Waals surface area contributed by atoms with Gasteiger partial charge in [0.25, 0.3) is 0 Å². The molecule has 1 heterocycles. The van der Waals surface area contributed by atoms with Crippen molar-refractivity contribution in [1.29, 1.82) is 0 Å². The van der Waals surface area contributed by atoms with Crippen LogP contribution in [0, 0.1) is 11.3 Å². The van der Waals surface area contributed by atoms with Crippen molar-refractivity contribution in [2.24, 2.45) is 11.3 Å². The van der Waals surface area contributed by atoms with Crippen molar-refractivity contribution in [2.45, 2.75) is 47.0 Å². The van der Waals surface area contributed by atoms with Crippen molar-refractivity contribution in [3.63, 3.8) is 0 Å². The minimum atomic E-state index is 0.497. The molecule has 2 rings (SSSR count). The predicted octanol–water partition coefficient (Wildman–Crippen LogP) is 2.45. The van der Waals surface area contributed by atoms with Crippen LogP contribution in [0.2, 0.25) is 0 Å². The van der Waals surface area contributed by atoms with Crippen LogP contribution in [-0.2, 0) is 12.8 Å². The molecule has 17 heavy (non-hydrogen) atoms. The molecule has 4 heteroatoms. The lowest BCUT2D eigenvalue weighted by molar-refractivity contribution is 0.571. The zero-order chi connectivity index (χ0) is 12.5. The van der Waals surface area contributed by atoms with E-state index in [0.29, 0.717) is 11.4 Å². The van der Waals surface area contributed by atoms with Crippen LogP contribution in [0.25, 0.3) is 0 Å². The molecule has 1 fully saturated rings. The molecule has 1 aromatic rings. The highest BCUT2D eigenvalue weighted by Gasteiger charge is 2.45. The molecular formula is C13H22N4. The molecule has 4 nitrogen and oxygen atoms in total. The van der Waals surface area contributed by atoms with E-state index < -0.39 is 0 Å². The number of aromatic nitrogens is 3. The SMILES string of the molecule is CCc1nnc(NCC2CC2(C)C)nc1CC. The third-order valence-electron chi connectivity index (χ3n) is 3.73. The van der Waals surface area contributed by atoms with Gasteiger partial charge in [0.2, 0.25) is 5.95 Å². The number of anilines is 1. The van der Waals surface area contributed by atoms with Crippen LogP contribution < -0.4 is 5.32 Å². The highest BCUT2D eigenvalue weighted by molar-refractivity contribution is 5.26. The zero-order valence-corrected chi connectivity index (χ0v) is 11.2. The highest BCUT2D eigenvalue weighted by atomic mass is 15.2. The molecule has 1 saturated carbocycles. The number of rotatable bonds is 5. The number of aryl methyl sites for hydroxylation is 2. The molecule has 0 amide bonds. The van der Waals surface area contributed by atoms with Gasteiger partial charge in [-0.3, -0.25) is 0 Å². The Kier molecular flexibility index (Phi) is 3.31. The van der Waals surface area contributed by atoms with Gasteiger partial charge >= 0.3 is 0 Å². The van der Waals surface area contributed by atoms with E-state index >= 15 is 0 Å². The van der Waals surface area contributed by atoms with Crippen molar-refractivity contribution >= 4 is 5.95 Å². The molecule has 0 aliphatic heterocycles. The fourth-order valence-corrected chi connectivity index (χ4v) is 2.15. The van der Waals surface area contributed by atoms with E-state index in [1.54, 1.807) is 0 Å². The maximum atomic E-state index is 4.52. The van der Waals surface area contributed by atoms with Crippen LogP contribution in [0.1, 0.15) is 45.5 Å². The largest absolute Gasteiger partial charge is 0.353 e. The Hall–Kier alpha value is -1.19. The first-order chi connectivity index (χ1) is 8.06. The summed E-state index contributed by atoms with van der Waals surface area (Å²) in [4.78, 5) is 4.52. The fraction of sp³-hybridized carbons (Fsp3) is 0.769. The van der Waals surface area contributed by atoms with Crippen LogP contribution in [0.5, 0.6) is 0 Å². The van der Waals surface area contributed by atoms with E-state index in [4.69, 9.17) is 0 Å². The predicted molar refractivity (Wildman–Crippen MR) is 69.0 cm³/mol. The summed E-state index contributed by atoms with van der Waals surface area (Å²) in [6, 6.07) is 0. The second-order valence-electron chi connectivity index (χ2n) is 5.51. The maximum Gasteiger partial charge on any atom is 0.242 e. The molecule has 1 N–H and O–H groups in total. The fourth-order valence-electron chi connectivity index (χ4n) is 2.15. The molecule has 0 saturated heterocycles. The number of nitrogens with zero attached hydrogens (tertiary/aromatic N) is 3. The Morgan fingerprint density at radius 3 is 2.35 bits per heavy atom. The lowest BCUT2D eigenvalue weighted by atomic mass is 10.1. The molecular weight excluding hydrogens is 212 g/mol. The molecule has 1 unspecified atom stereocenters. The first kappa shape index (κ1) is 12.3. The summed E-state index contributed by atoms with van der Waals surface area (Å²) in [6.45, 7) is 9.76. The third-order valence-corrected chi connectivity index (χ3v) is 3.73. The average molecular weight is 234 g/mol. The molecule has 1 atom stereocenters. The minimum absolute atomic E-state index is 0.497. The topological polar surface area (TPSA) is 50.7 Å². The van der Waals surface area contributed by atoms with Crippen LogP contribution in [0.3, 0.4) is 0 Å². The second-order valence-corrected chi connectivity index (χ2v) is 5.51. The van der Waals surface area contributed by atoms with Gasteiger partial charge in [-0.1, -0.05) is 27.7 Å². The molecule has 1 aliphatic carbocycles. The van der Waals surface area contributed by atoms with Gasteiger partial charge < -0.3 is 5.32 Å². The van der Waals surface area contributed by atoms with Crippen LogP contribution >= 0.6 is 0 Å². The van der Waals surface area contributed by atoms with E-state index in [9.17, 15) is 0 Å². The molecule has 0 radical (unpaired) electrons. The summed E-state index contributed by atoms with van der Waals surface area (Å²) in [7, 11) is 0. The van der Waals surface area contributed by atoms with Gasteiger partial charge in [-0.2, -0.15) is 5.10 Å². The molecule has 0 bridgehead atoms. The van der Waals surface area contributed by atoms with Crippen molar-refractivity contribution in [3.05, 3.63) is 11.4 Å². The number of hydrogen-bond donors (Lipinski definition) is 1. The van der Waals surface area contributed by atoms with Gasteiger partial charge in [-0.05, 0) is 30.6 Å². The summed E-state index contributed by atoms with van der Waals surface area (Å²) in [6.07, 6.45) is 3.11. The van der Waals surface area contributed by atoms with Crippen LogP contribution in [-0.4, -0.2) is 21.7 Å². The zero-order valence-electron chi connectivity index (χ0n) is 11.2. The molecule has 1 aromatic heterocycles. The number of nitrogens with one attached hydrogen (secondary N) is 1. The van der Waals surface area contributed by atoms with Gasteiger partial charge in [0.05, 0.1) is 11.4 Å². The van der Waals surface area contributed by atoms with E-state index in [1.165, 1.54) is 6.42 Å². The summed E-state index contributed by atoms with van der Waals surface area (Å²) < 4.78 is 0. The first-order valence-corrected chi connectivity index (χ1v) is 6.53. The summed E-state index contributed by atoms with van der Waals surface area (Å²) in [5.41, 5.74) is 2.59. The second kappa shape index (κ2) is 4.59. The van der Waals surface area contributed by atoms with Crippen molar-refractivity contribution < 1.29 is 0 Å². The highest BCUT2D eigenvalue weighted by Crippen LogP contribution is 2.51. The average Bonchev–Trinajstić information content (AvgIpc) is 2.94. The van der Waals surface area contributed by atoms with Crippen LogP contribution in [0.15, 0.2) is 0 Å². The summed E-state index contributed by atoms with van der Waals surface area (Å²) in [5, 5.41) is 11.7. The van der Waals surface area contributed by atoms with E-state index in [-0.39, 0.29) is 0 Å². The monoisotopic (exact) mass is 234 g/mol. The van der Waals surface area contributed by atoms with Crippen molar-refractivity contribution in [2.75, 3.05) is 11.9 Å². The Morgan fingerprint density at radius 1 is 1.18 bits per heavy atom. The van der Waals surface area contributed by atoms with Crippen molar-refractivity contribution in [3.8, 4) is 0 Å². The summed E-state index contributed by atoms with van der Waals surface area (Å²) in [5.74, 6) is 1.43. The van der Waals surface area contributed by atoms with Gasteiger partial charge in [-0.15, -0.1) is 5.10 Å². The Bertz CT molecular complexity index is 400. The van der Waals surface area contributed by atoms with E-state index in [0.717, 1.165) is 36.7 Å². The molecule has 94 valence electrons. The lowest BCUT2D eigenvalue weighted by Crippen LogP contribution is -2.13. The first-order valence-electron chi connectivity index (χ1n) is 6.53. The normalized spacial score (nSPS) is 21.3. The Balaban J connectivity index is 1.97. The molecule has 0 aromatic carbocycles. The van der Waals surface area contributed by atoms with E-state index in [1.807, 2.05) is 0 Å². The van der Waals surface area contributed by atoms with E-state index in [2.05, 4.69) is 48.2 Å². The number of hydrogen-bond acceptors (Lipinski definition) is 4. The Labute approximate surface area is 103 Å². The van der Waals surface area contributed by atoms with Crippen LogP contribution in [0.4, 0.5) is 5.95 Å². The quantitative estimate of drug-likeness (QED) is 0.850. The third kappa shape index (κ3) is 2.73. The van der Waals surface area contributed by atoms with Gasteiger partial charge in [0.15, 0.2) is 0 Å². The van der Waals surface area contributed by atoms with Gasteiger partial charge in [0.1, 0.15) is 0 Å². The molecule has 0 spiro atoms. The van der Waals surface area contributed by atoms with Gasteiger partial charge in [0, 0.05) is 6.54 Å². The standard InChI is InChI=1S/C13H22N4/c1-5-10-11(6-2)16-17-12(15-10)14-8-9-7-13(9,3)4/h9H,5-8H2,1-4H3,(H,14,15,17). The minimum Gasteiger partial charge on any atom is -0.353 e. The Morgan fingerprint density at radius 2 is 1.82 bits per heavy atom. The van der Waals surface area contributed by atoms with Crippen molar-refractivity contribution in [1.82, 2.24) is 15.2 Å². The lowest BCUT2D eigenvalue weighted by Gasteiger charge is -2.08. The smallest absolute Gasteiger partial charge is 0.242 e. The molecule has 1 aliphatic rings. The summed E-state index contributed by atoms with van der Waals surface area (Å²) >= 11 is 0. The van der Waals surface area contributed by atoms with Gasteiger partial charge in [-0.25, -0.2) is 4.98 Å².